The highest BCUT2D eigenvalue weighted by atomic mass is 19.3. The fraction of sp³-hybridized carbons (Fsp3) is 0.889. The third kappa shape index (κ3) is 3.66. The number of likely N-dealkylation sites (tertiary alicyclic amines) is 2. The first-order chi connectivity index (χ1) is 12.0. The first-order valence-corrected chi connectivity index (χ1v) is 9.35. The van der Waals surface area contributed by atoms with Gasteiger partial charge in [-0.15, -0.1) is 0 Å². The number of piperazine rings is 1. The van der Waals surface area contributed by atoms with Crippen LogP contribution in [0.3, 0.4) is 0 Å². The van der Waals surface area contributed by atoms with E-state index in [1.165, 1.54) is 0 Å². The molecule has 2 N–H and O–H groups in total. The molecule has 3 fully saturated rings. The Hall–Kier alpha value is -1.44. The van der Waals surface area contributed by atoms with E-state index in [0.717, 1.165) is 0 Å². The molecule has 2 heterocycles. The fourth-order valence-corrected chi connectivity index (χ4v) is 4.69. The summed E-state index contributed by atoms with van der Waals surface area (Å²) in [5.74, 6) is -0.206. The molecule has 2 amide bonds. The van der Waals surface area contributed by atoms with Crippen LogP contribution in [-0.4, -0.2) is 65.0 Å². The fourth-order valence-electron chi connectivity index (χ4n) is 4.69. The van der Waals surface area contributed by atoms with Crippen molar-refractivity contribution in [2.75, 3.05) is 13.1 Å². The van der Waals surface area contributed by atoms with Gasteiger partial charge in [-0.1, -0.05) is 0 Å². The number of fused-ring (bicyclic) bond motifs is 2. The predicted molar refractivity (Wildman–Crippen MR) is 91.7 cm³/mol. The molecular formula is C18H29F2N3O3. The second kappa shape index (κ2) is 6.62. The van der Waals surface area contributed by atoms with Gasteiger partial charge in [0.2, 0.25) is 12.3 Å². The highest BCUT2D eigenvalue weighted by molar-refractivity contribution is 5.84. The van der Waals surface area contributed by atoms with E-state index in [1.807, 2.05) is 20.8 Å². The first-order valence-electron chi connectivity index (χ1n) is 9.35. The Balaban J connectivity index is 1.68. The van der Waals surface area contributed by atoms with E-state index in [0.29, 0.717) is 38.8 Å². The molecule has 0 radical (unpaired) electrons. The second-order valence-electron chi connectivity index (χ2n) is 9.01. The third-order valence-corrected chi connectivity index (χ3v) is 5.77. The van der Waals surface area contributed by atoms with Gasteiger partial charge in [-0.25, -0.2) is 13.6 Å². The molecule has 4 atom stereocenters. The third-order valence-electron chi connectivity index (χ3n) is 5.77. The minimum absolute atomic E-state index is 0.0996. The predicted octanol–water partition coefficient (Wildman–Crippen LogP) is 2.36. The Morgan fingerprint density at radius 1 is 1.23 bits per heavy atom. The SMILES string of the molecule is CC(C)(C)OC(=O)N1C[C@H]2C[C@@H]1CN2C(=O)[C@@]1(CC(F)F)CC[C@@H](N)C1. The number of alkyl halides is 2. The Bertz CT molecular complexity index is 581. The minimum Gasteiger partial charge on any atom is -0.444 e. The van der Waals surface area contributed by atoms with Crippen molar-refractivity contribution >= 4 is 12.0 Å². The van der Waals surface area contributed by atoms with E-state index in [1.54, 1.807) is 9.80 Å². The maximum absolute atomic E-state index is 13.1. The lowest BCUT2D eigenvalue weighted by molar-refractivity contribution is -0.147. The topological polar surface area (TPSA) is 75.9 Å². The molecule has 8 heteroatoms. The van der Waals surface area contributed by atoms with Crippen LogP contribution >= 0.6 is 0 Å². The standard InChI is InChI=1S/C18H29F2N3O3/c1-17(2,3)26-16(25)23-10-12-6-13(23)9-22(12)15(24)18(8-14(19)20)5-4-11(21)7-18/h11-14H,4-10,21H2,1-3H3/t11-,12-,13-,18+/m1/s1. The number of hydrogen-bond donors (Lipinski definition) is 1. The molecule has 6 nitrogen and oxygen atoms in total. The lowest BCUT2D eigenvalue weighted by atomic mass is 9.80. The van der Waals surface area contributed by atoms with Crippen LogP contribution in [-0.2, 0) is 9.53 Å². The Morgan fingerprint density at radius 2 is 1.85 bits per heavy atom. The van der Waals surface area contributed by atoms with Crippen molar-refractivity contribution in [3.05, 3.63) is 0 Å². The number of amides is 2. The normalized spacial score (nSPS) is 34.0. The smallest absolute Gasteiger partial charge is 0.410 e. The zero-order chi connectivity index (χ0) is 19.3. The molecule has 2 bridgehead atoms. The van der Waals surface area contributed by atoms with Gasteiger partial charge < -0.3 is 20.3 Å². The lowest BCUT2D eigenvalue weighted by Gasteiger charge is -2.39. The van der Waals surface area contributed by atoms with Crippen LogP contribution in [0.15, 0.2) is 0 Å². The van der Waals surface area contributed by atoms with Crippen LogP contribution in [0.4, 0.5) is 13.6 Å². The average molecular weight is 373 g/mol. The maximum Gasteiger partial charge on any atom is 0.410 e. The van der Waals surface area contributed by atoms with Gasteiger partial charge in [0, 0.05) is 25.6 Å². The highest BCUT2D eigenvalue weighted by Crippen LogP contribution is 2.46. The van der Waals surface area contributed by atoms with Crippen LogP contribution in [0.25, 0.3) is 0 Å². The zero-order valence-electron chi connectivity index (χ0n) is 15.7. The number of nitrogens with zero attached hydrogens (tertiary/aromatic N) is 2. The summed E-state index contributed by atoms with van der Waals surface area (Å²) in [6, 6.07) is -0.417. The van der Waals surface area contributed by atoms with E-state index in [9.17, 15) is 18.4 Å². The summed E-state index contributed by atoms with van der Waals surface area (Å²) in [7, 11) is 0. The minimum atomic E-state index is -2.53. The maximum atomic E-state index is 13.1. The van der Waals surface area contributed by atoms with Crippen molar-refractivity contribution in [1.82, 2.24) is 9.80 Å². The van der Waals surface area contributed by atoms with Crippen molar-refractivity contribution in [2.45, 2.75) is 83.0 Å². The van der Waals surface area contributed by atoms with Crippen LogP contribution in [0.2, 0.25) is 0 Å². The largest absolute Gasteiger partial charge is 0.444 e. The summed E-state index contributed by atoms with van der Waals surface area (Å²) >= 11 is 0. The average Bonchev–Trinajstić information content (AvgIpc) is 3.18. The molecule has 148 valence electrons. The molecule has 0 aromatic heterocycles. The Kier molecular flexibility index (Phi) is 4.92. The number of carbonyl (C=O) groups is 2. The van der Waals surface area contributed by atoms with Crippen LogP contribution < -0.4 is 5.73 Å². The van der Waals surface area contributed by atoms with Crippen LogP contribution in [0.1, 0.15) is 52.9 Å². The summed E-state index contributed by atoms with van der Waals surface area (Å²) in [6.45, 7) is 6.23. The monoisotopic (exact) mass is 373 g/mol. The van der Waals surface area contributed by atoms with Crippen molar-refractivity contribution in [3.63, 3.8) is 0 Å². The highest BCUT2D eigenvalue weighted by Gasteiger charge is 2.54. The van der Waals surface area contributed by atoms with Gasteiger partial charge in [-0.05, 0) is 46.5 Å². The molecule has 0 unspecified atom stereocenters. The van der Waals surface area contributed by atoms with Gasteiger partial charge in [-0.3, -0.25) is 4.79 Å². The second-order valence-corrected chi connectivity index (χ2v) is 9.01. The van der Waals surface area contributed by atoms with Crippen LogP contribution in [0.5, 0.6) is 0 Å². The van der Waals surface area contributed by atoms with Crippen molar-refractivity contribution in [1.29, 1.82) is 0 Å². The van der Waals surface area contributed by atoms with Crippen LogP contribution in [0, 0.1) is 5.41 Å². The zero-order valence-corrected chi connectivity index (χ0v) is 15.7. The van der Waals surface area contributed by atoms with Gasteiger partial charge in [0.05, 0.1) is 17.5 Å². The van der Waals surface area contributed by atoms with E-state index >= 15 is 0 Å². The molecule has 2 aliphatic heterocycles. The molecule has 2 saturated heterocycles. The van der Waals surface area contributed by atoms with Crippen molar-refractivity contribution < 1.29 is 23.1 Å². The van der Waals surface area contributed by atoms with E-state index in [4.69, 9.17) is 10.5 Å². The molecule has 0 spiro atoms. The summed E-state index contributed by atoms with van der Waals surface area (Å²) in [6.07, 6.45) is -1.31. The molecule has 1 aliphatic carbocycles. The van der Waals surface area contributed by atoms with Crippen molar-refractivity contribution in [3.8, 4) is 0 Å². The summed E-state index contributed by atoms with van der Waals surface area (Å²) in [5.41, 5.74) is 4.31. The van der Waals surface area contributed by atoms with Gasteiger partial charge >= 0.3 is 6.09 Å². The molecule has 3 aliphatic rings. The number of carbonyl (C=O) groups excluding carboxylic acids is 2. The molecule has 0 aromatic rings. The number of hydrogen-bond acceptors (Lipinski definition) is 4. The molecule has 3 rings (SSSR count). The summed E-state index contributed by atoms with van der Waals surface area (Å²) < 4.78 is 31.7. The molecular weight excluding hydrogens is 344 g/mol. The summed E-state index contributed by atoms with van der Waals surface area (Å²) in [4.78, 5) is 28.8. The van der Waals surface area contributed by atoms with Gasteiger partial charge in [0.25, 0.3) is 0 Å². The number of rotatable bonds is 3. The lowest BCUT2D eigenvalue weighted by Crippen LogP contribution is -2.55. The quantitative estimate of drug-likeness (QED) is 0.824. The number of nitrogens with two attached hydrogens (primary N) is 1. The van der Waals surface area contributed by atoms with Crippen molar-refractivity contribution in [2.24, 2.45) is 11.1 Å². The molecule has 0 aromatic carbocycles. The number of ether oxygens (including phenoxy) is 1. The summed E-state index contributed by atoms with van der Waals surface area (Å²) in [5, 5.41) is 0. The Morgan fingerprint density at radius 3 is 2.31 bits per heavy atom. The molecule has 26 heavy (non-hydrogen) atoms. The van der Waals surface area contributed by atoms with E-state index < -0.39 is 23.9 Å². The van der Waals surface area contributed by atoms with Gasteiger partial charge in [0.15, 0.2) is 0 Å². The number of halogens is 2. The molecule has 1 saturated carbocycles. The van der Waals surface area contributed by atoms with Gasteiger partial charge in [0.1, 0.15) is 5.60 Å². The Labute approximate surface area is 153 Å². The first kappa shape index (κ1) is 19.3. The van der Waals surface area contributed by atoms with E-state index in [-0.39, 0.29) is 30.1 Å². The van der Waals surface area contributed by atoms with Gasteiger partial charge in [-0.2, -0.15) is 0 Å². The van der Waals surface area contributed by atoms with E-state index in [2.05, 4.69) is 0 Å².